The highest BCUT2D eigenvalue weighted by Crippen LogP contribution is 2.15. The van der Waals surface area contributed by atoms with Crippen LogP contribution in [-0.4, -0.2) is 44.7 Å². The third kappa shape index (κ3) is 3.00. The summed E-state index contributed by atoms with van der Waals surface area (Å²) in [5, 5.41) is 7.59. The van der Waals surface area contributed by atoms with Gasteiger partial charge >= 0.3 is 0 Å². The second-order valence-corrected chi connectivity index (χ2v) is 6.34. The molecule has 0 amide bonds. The number of nitrogens with one attached hydrogen (secondary N) is 1. The van der Waals surface area contributed by atoms with Gasteiger partial charge in [-0.1, -0.05) is 25.2 Å². The van der Waals surface area contributed by atoms with Crippen molar-refractivity contribution in [2.45, 2.75) is 45.3 Å². The summed E-state index contributed by atoms with van der Waals surface area (Å²) >= 11 is 1.40. The van der Waals surface area contributed by atoms with E-state index in [1.54, 1.807) is 11.6 Å². The van der Waals surface area contributed by atoms with Crippen molar-refractivity contribution in [3.05, 3.63) is 27.6 Å². The van der Waals surface area contributed by atoms with Gasteiger partial charge in [-0.15, -0.1) is 0 Å². The van der Waals surface area contributed by atoms with Crippen LogP contribution in [0.4, 0.5) is 0 Å². The zero-order chi connectivity index (χ0) is 14.8. The van der Waals surface area contributed by atoms with Crippen LogP contribution in [0.25, 0.3) is 4.96 Å². The molecule has 2 unspecified atom stereocenters. The highest BCUT2D eigenvalue weighted by Gasteiger charge is 2.26. The van der Waals surface area contributed by atoms with E-state index in [2.05, 4.69) is 34.1 Å². The van der Waals surface area contributed by atoms with E-state index >= 15 is 0 Å². The summed E-state index contributed by atoms with van der Waals surface area (Å²) in [6.45, 7) is 7.17. The molecule has 2 atom stereocenters. The van der Waals surface area contributed by atoms with Gasteiger partial charge in [-0.2, -0.15) is 9.61 Å². The molecule has 0 spiro atoms. The van der Waals surface area contributed by atoms with Gasteiger partial charge in [-0.05, 0) is 12.8 Å². The Balaban J connectivity index is 1.83. The van der Waals surface area contributed by atoms with Crippen molar-refractivity contribution in [1.29, 1.82) is 0 Å². The van der Waals surface area contributed by atoms with E-state index in [0.717, 1.165) is 38.2 Å². The normalized spacial score (nSPS) is 23.7. The topological polar surface area (TPSA) is 62.5 Å². The van der Waals surface area contributed by atoms with Gasteiger partial charge in [-0.25, -0.2) is 4.98 Å². The number of fused-ring (bicyclic) bond motifs is 1. The van der Waals surface area contributed by atoms with E-state index in [1.165, 1.54) is 15.9 Å². The van der Waals surface area contributed by atoms with Gasteiger partial charge in [0.05, 0.1) is 5.69 Å². The summed E-state index contributed by atoms with van der Waals surface area (Å²) in [7, 11) is 0. The summed E-state index contributed by atoms with van der Waals surface area (Å²) in [6, 6.07) is 2.65. The number of rotatable bonds is 4. The third-order valence-corrected chi connectivity index (χ3v) is 4.86. The van der Waals surface area contributed by atoms with Crippen molar-refractivity contribution in [3.8, 4) is 0 Å². The maximum Gasteiger partial charge on any atom is 0.275 e. The van der Waals surface area contributed by atoms with Crippen molar-refractivity contribution in [2.24, 2.45) is 0 Å². The van der Waals surface area contributed by atoms with Gasteiger partial charge in [0.2, 0.25) is 4.96 Å². The molecule has 1 fully saturated rings. The standard InChI is InChI=1S/C14H21N5OS/c1-3-10-7-18(12(4-2)6-15-10)8-11-5-13(20)19-14(17-11)21-9-16-19/h5,9-10,12,15H,3-4,6-8H2,1-2H3. The Labute approximate surface area is 127 Å². The smallest absolute Gasteiger partial charge is 0.275 e. The third-order valence-electron chi connectivity index (χ3n) is 4.18. The van der Waals surface area contributed by atoms with Crippen LogP contribution in [0.1, 0.15) is 32.4 Å². The molecule has 1 aliphatic heterocycles. The molecule has 21 heavy (non-hydrogen) atoms. The minimum atomic E-state index is -0.0912. The van der Waals surface area contributed by atoms with E-state index in [1.807, 2.05) is 0 Å². The van der Waals surface area contributed by atoms with Crippen LogP contribution in [0.15, 0.2) is 16.4 Å². The van der Waals surface area contributed by atoms with Crippen molar-refractivity contribution < 1.29 is 0 Å². The lowest BCUT2D eigenvalue weighted by Gasteiger charge is -2.39. The van der Waals surface area contributed by atoms with Gasteiger partial charge in [0.25, 0.3) is 5.56 Å². The monoisotopic (exact) mass is 307 g/mol. The zero-order valence-corrected chi connectivity index (χ0v) is 13.3. The first-order valence-electron chi connectivity index (χ1n) is 7.51. The molecule has 0 aromatic carbocycles. The number of nitrogens with zero attached hydrogens (tertiary/aromatic N) is 4. The molecule has 0 aliphatic carbocycles. The molecular formula is C14H21N5OS. The quantitative estimate of drug-likeness (QED) is 0.917. The Morgan fingerprint density at radius 2 is 2.29 bits per heavy atom. The molecule has 2 aromatic rings. The fourth-order valence-corrected chi connectivity index (χ4v) is 3.53. The Morgan fingerprint density at radius 3 is 3.05 bits per heavy atom. The molecule has 114 valence electrons. The molecule has 0 radical (unpaired) electrons. The molecule has 0 bridgehead atoms. The highest BCUT2D eigenvalue weighted by molar-refractivity contribution is 7.14. The number of piperazine rings is 1. The molecule has 1 saturated heterocycles. The van der Waals surface area contributed by atoms with E-state index in [4.69, 9.17) is 0 Å². The van der Waals surface area contributed by atoms with E-state index in [9.17, 15) is 4.79 Å². The van der Waals surface area contributed by atoms with Crippen LogP contribution >= 0.6 is 11.3 Å². The fraction of sp³-hybridized carbons (Fsp3) is 0.643. The molecule has 7 heteroatoms. The molecule has 0 saturated carbocycles. The predicted octanol–water partition coefficient (Wildman–Crippen LogP) is 1.11. The van der Waals surface area contributed by atoms with Crippen molar-refractivity contribution in [2.75, 3.05) is 13.1 Å². The Bertz CT molecular complexity index is 667. The van der Waals surface area contributed by atoms with E-state index in [0.29, 0.717) is 17.0 Å². The van der Waals surface area contributed by atoms with Gasteiger partial charge < -0.3 is 5.32 Å². The van der Waals surface area contributed by atoms with Gasteiger partial charge in [-0.3, -0.25) is 9.69 Å². The molecule has 2 aromatic heterocycles. The molecule has 1 N–H and O–H groups in total. The Kier molecular flexibility index (Phi) is 4.32. The highest BCUT2D eigenvalue weighted by atomic mass is 32.1. The minimum Gasteiger partial charge on any atom is -0.311 e. The second kappa shape index (κ2) is 6.21. The molecule has 1 aliphatic rings. The van der Waals surface area contributed by atoms with Crippen LogP contribution in [0, 0.1) is 0 Å². The molecular weight excluding hydrogens is 286 g/mol. The first-order valence-corrected chi connectivity index (χ1v) is 8.39. The first kappa shape index (κ1) is 14.6. The van der Waals surface area contributed by atoms with E-state index < -0.39 is 0 Å². The van der Waals surface area contributed by atoms with Crippen molar-refractivity contribution in [1.82, 2.24) is 24.8 Å². The maximum absolute atomic E-state index is 12.0. The summed E-state index contributed by atoms with van der Waals surface area (Å²) in [5.74, 6) is 0. The Morgan fingerprint density at radius 1 is 1.43 bits per heavy atom. The van der Waals surface area contributed by atoms with Gasteiger partial charge in [0.15, 0.2) is 0 Å². The summed E-state index contributed by atoms with van der Waals surface area (Å²) in [5.41, 5.74) is 2.41. The molecule has 3 rings (SSSR count). The fourth-order valence-electron chi connectivity index (χ4n) is 2.89. The van der Waals surface area contributed by atoms with Crippen molar-refractivity contribution >= 4 is 16.3 Å². The summed E-state index contributed by atoms with van der Waals surface area (Å²) in [6.07, 6.45) is 2.22. The van der Waals surface area contributed by atoms with Gasteiger partial charge in [0.1, 0.15) is 5.51 Å². The maximum atomic E-state index is 12.0. The number of hydrogen-bond donors (Lipinski definition) is 1. The second-order valence-electron chi connectivity index (χ2n) is 5.52. The molecule has 3 heterocycles. The first-order chi connectivity index (χ1) is 10.2. The number of aromatic nitrogens is 3. The van der Waals surface area contributed by atoms with Crippen LogP contribution in [0.3, 0.4) is 0 Å². The van der Waals surface area contributed by atoms with Crippen LogP contribution in [0.5, 0.6) is 0 Å². The van der Waals surface area contributed by atoms with Crippen LogP contribution in [0.2, 0.25) is 0 Å². The largest absolute Gasteiger partial charge is 0.311 e. The zero-order valence-electron chi connectivity index (χ0n) is 12.5. The number of hydrogen-bond acceptors (Lipinski definition) is 6. The lowest BCUT2D eigenvalue weighted by atomic mass is 10.0. The van der Waals surface area contributed by atoms with Gasteiger partial charge in [0, 0.05) is 37.8 Å². The lowest BCUT2D eigenvalue weighted by Crippen LogP contribution is -2.55. The molecule has 6 nitrogen and oxygen atoms in total. The van der Waals surface area contributed by atoms with Crippen LogP contribution < -0.4 is 10.9 Å². The predicted molar refractivity (Wildman–Crippen MR) is 83.7 cm³/mol. The summed E-state index contributed by atoms with van der Waals surface area (Å²) in [4.78, 5) is 19.7. The lowest BCUT2D eigenvalue weighted by molar-refractivity contribution is 0.116. The van der Waals surface area contributed by atoms with Crippen LogP contribution in [-0.2, 0) is 6.54 Å². The average Bonchev–Trinajstić information content (AvgIpc) is 2.96. The van der Waals surface area contributed by atoms with Crippen molar-refractivity contribution in [3.63, 3.8) is 0 Å². The minimum absolute atomic E-state index is 0.0912. The van der Waals surface area contributed by atoms with E-state index in [-0.39, 0.29) is 5.56 Å². The average molecular weight is 307 g/mol. The summed E-state index contributed by atoms with van der Waals surface area (Å²) < 4.78 is 1.36. The SMILES string of the molecule is CCC1CN(Cc2cc(=O)n3ncsc3n2)C(CC)CN1. The Hall–Kier alpha value is -1.31.